The molecule has 0 spiro atoms. The van der Waals surface area contributed by atoms with E-state index in [4.69, 9.17) is 0 Å². The van der Waals surface area contributed by atoms with Crippen molar-refractivity contribution in [3.05, 3.63) is 34.2 Å². The second-order valence-corrected chi connectivity index (χ2v) is 5.31. The maximum atomic E-state index is 12.0. The summed E-state index contributed by atoms with van der Waals surface area (Å²) in [7, 11) is 1.66. The van der Waals surface area contributed by atoms with Gasteiger partial charge in [-0.15, -0.1) is 0 Å². The van der Waals surface area contributed by atoms with Crippen molar-refractivity contribution in [2.24, 2.45) is 13.0 Å². The minimum Gasteiger partial charge on any atom is -0.347 e. The van der Waals surface area contributed by atoms with Crippen molar-refractivity contribution < 1.29 is 4.79 Å². The van der Waals surface area contributed by atoms with Crippen molar-refractivity contribution in [3.8, 4) is 0 Å². The van der Waals surface area contributed by atoms with Crippen LogP contribution < -0.4 is 10.9 Å². The molecule has 1 aromatic rings. The highest BCUT2D eigenvalue weighted by Crippen LogP contribution is 2.39. The second-order valence-electron chi connectivity index (χ2n) is 5.31. The summed E-state index contributed by atoms with van der Waals surface area (Å²) in [6.07, 6.45) is 3.95. The molecule has 0 atom stereocenters. The molecule has 1 aromatic heterocycles. The highest BCUT2D eigenvalue weighted by atomic mass is 16.2. The van der Waals surface area contributed by atoms with Crippen LogP contribution >= 0.6 is 0 Å². The number of aromatic nitrogens is 1. The third-order valence-electron chi connectivity index (χ3n) is 3.40. The summed E-state index contributed by atoms with van der Waals surface area (Å²) in [6, 6.07) is 3.04. The second kappa shape index (κ2) is 4.02. The molecule has 0 aromatic carbocycles. The van der Waals surface area contributed by atoms with Gasteiger partial charge in [0.05, 0.1) is 0 Å². The Labute approximate surface area is 101 Å². The highest BCUT2D eigenvalue weighted by molar-refractivity contribution is 5.94. The average molecular weight is 234 g/mol. The van der Waals surface area contributed by atoms with Gasteiger partial charge in [0.15, 0.2) is 0 Å². The molecule has 0 saturated heterocycles. The van der Waals surface area contributed by atoms with Crippen LogP contribution in [-0.2, 0) is 7.05 Å². The molecule has 0 aliphatic heterocycles. The SMILES string of the molecule is Cn1ccc(C(=O)NC(C)(C)C2CC2)cc1=O. The van der Waals surface area contributed by atoms with E-state index in [2.05, 4.69) is 5.32 Å². The number of hydrogen-bond donors (Lipinski definition) is 1. The van der Waals surface area contributed by atoms with Gasteiger partial charge < -0.3 is 9.88 Å². The Morgan fingerprint density at radius 2 is 2.12 bits per heavy atom. The van der Waals surface area contributed by atoms with E-state index in [9.17, 15) is 9.59 Å². The first-order valence-electron chi connectivity index (χ1n) is 5.89. The first kappa shape index (κ1) is 11.9. The Morgan fingerprint density at radius 1 is 1.47 bits per heavy atom. The van der Waals surface area contributed by atoms with Crippen molar-refractivity contribution in [1.29, 1.82) is 0 Å². The lowest BCUT2D eigenvalue weighted by Crippen LogP contribution is -2.45. The van der Waals surface area contributed by atoms with E-state index >= 15 is 0 Å². The summed E-state index contributed by atoms with van der Waals surface area (Å²) in [5, 5.41) is 2.99. The van der Waals surface area contributed by atoms with E-state index < -0.39 is 0 Å². The van der Waals surface area contributed by atoms with Gasteiger partial charge >= 0.3 is 0 Å². The predicted molar refractivity (Wildman–Crippen MR) is 66.0 cm³/mol. The zero-order chi connectivity index (χ0) is 12.6. The topological polar surface area (TPSA) is 51.1 Å². The van der Waals surface area contributed by atoms with Crippen LogP contribution in [0.3, 0.4) is 0 Å². The molecule has 1 saturated carbocycles. The molecule has 0 radical (unpaired) electrons. The molecule has 0 bridgehead atoms. The van der Waals surface area contributed by atoms with E-state index in [-0.39, 0.29) is 17.0 Å². The van der Waals surface area contributed by atoms with Crippen molar-refractivity contribution in [2.75, 3.05) is 0 Å². The number of hydrogen-bond acceptors (Lipinski definition) is 2. The molecule has 1 fully saturated rings. The fourth-order valence-electron chi connectivity index (χ4n) is 1.96. The van der Waals surface area contributed by atoms with Gasteiger partial charge in [0, 0.05) is 30.4 Å². The number of rotatable bonds is 3. The van der Waals surface area contributed by atoms with Crippen molar-refractivity contribution in [3.63, 3.8) is 0 Å². The van der Waals surface area contributed by atoms with Gasteiger partial charge in [-0.05, 0) is 38.7 Å². The maximum Gasteiger partial charge on any atom is 0.251 e. The van der Waals surface area contributed by atoms with Crippen LogP contribution in [0.15, 0.2) is 23.1 Å². The minimum atomic E-state index is -0.182. The monoisotopic (exact) mass is 234 g/mol. The van der Waals surface area contributed by atoms with Gasteiger partial charge in [0.1, 0.15) is 0 Å². The Hall–Kier alpha value is -1.58. The molecular formula is C13H18N2O2. The van der Waals surface area contributed by atoms with Crippen LogP contribution in [0.1, 0.15) is 37.0 Å². The Kier molecular flexibility index (Phi) is 2.81. The van der Waals surface area contributed by atoms with Crippen molar-refractivity contribution in [2.45, 2.75) is 32.2 Å². The smallest absolute Gasteiger partial charge is 0.251 e. The third kappa shape index (κ3) is 2.57. The van der Waals surface area contributed by atoms with E-state index in [1.165, 1.54) is 23.5 Å². The van der Waals surface area contributed by atoms with Gasteiger partial charge in [-0.3, -0.25) is 9.59 Å². The van der Waals surface area contributed by atoms with E-state index in [1.807, 2.05) is 13.8 Å². The molecule has 92 valence electrons. The molecule has 1 N–H and O–H groups in total. The molecule has 1 aliphatic rings. The van der Waals surface area contributed by atoms with E-state index in [0.717, 1.165) is 0 Å². The zero-order valence-corrected chi connectivity index (χ0v) is 10.5. The number of aryl methyl sites for hydroxylation is 1. The highest BCUT2D eigenvalue weighted by Gasteiger charge is 2.38. The average Bonchev–Trinajstić information content (AvgIpc) is 3.04. The van der Waals surface area contributed by atoms with Gasteiger partial charge in [-0.25, -0.2) is 0 Å². The van der Waals surface area contributed by atoms with Gasteiger partial charge in [-0.1, -0.05) is 0 Å². The number of nitrogens with one attached hydrogen (secondary N) is 1. The molecule has 2 rings (SSSR count). The summed E-state index contributed by atoms with van der Waals surface area (Å²) < 4.78 is 1.45. The normalized spacial score (nSPS) is 15.7. The van der Waals surface area contributed by atoms with Crippen LogP contribution in [-0.4, -0.2) is 16.0 Å². The standard InChI is InChI=1S/C13H18N2O2/c1-13(2,10-4-5-10)14-12(17)9-6-7-15(3)11(16)8-9/h6-8,10H,4-5H2,1-3H3,(H,14,17). The largest absolute Gasteiger partial charge is 0.347 e. The predicted octanol–water partition coefficient (Wildman–Crippen LogP) is 1.30. The molecule has 4 heteroatoms. The summed E-state index contributed by atoms with van der Waals surface area (Å²) in [6.45, 7) is 4.06. The van der Waals surface area contributed by atoms with Gasteiger partial charge in [0.25, 0.3) is 11.5 Å². The van der Waals surface area contributed by atoms with E-state index in [1.54, 1.807) is 19.3 Å². The molecule has 1 amide bonds. The number of carbonyl (C=O) groups excluding carboxylic acids is 1. The minimum absolute atomic E-state index is 0.165. The summed E-state index contributed by atoms with van der Waals surface area (Å²) in [5.41, 5.74) is 0.0849. The summed E-state index contributed by atoms with van der Waals surface area (Å²) >= 11 is 0. The lowest BCUT2D eigenvalue weighted by Gasteiger charge is -2.26. The van der Waals surface area contributed by atoms with Crippen LogP contribution in [0.25, 0.3) is 0 Å². The number of pyridine rings is 1. The van der Waals surface area contributed by atoms with Crippen molar-refractivity contribution in [1.82, 2.24) is 9.88 Å². The Balaban J connectivity index is 2.14. The zero-order valence-electron chi connectivity index (χ0n) is 10.5. The summed E-state index contributed by atoms with van der Waals surface area (Å²) in [4.78, 5) is 23.4. The molecule has 0 unspecified atom stereocenters. The third-order valence-corrected chi connectivity index (χ3v) is 3.40. The fourth-order valence-corrected chi connectivity index (χ4v) is 1.96. The lowest BCUT2D eigenvalue weighted by atomic mass is 9.98. The molecule has 4 nitrogen and oxygen atoms in total. The van der Waals surface area contributed by atoms with Crippen LogP contribution in [0.2, 0.25) is 0 Å². The fraction of sp³-hybridized carbons (Fsp3) is 0.538. The Morgan fingerprint density at radius 3 is 2.65 bits per heavy atom. The number of nitrogens with zero attached hydrogens (tertiary/aromatic N) is 1. The number of amides is 1. The maximum absolute atomic E-state index is 12.0. The first-order valence-corrected chi connectivity index (χ1v) is 5.89. The summed E-state index contributed by atoms with van der Waals surface area (Å²) in [5.74, 6) is 0.401. The van der Waals surface area contributed by atoms with Crippen LogP contribution in [0.5, 0.6) is 0 Å². The first-order chi connectivity index (χ1) is 7.90. The van der Waals surface area contributed by atoms with Crippen LogP contribution in [0, 0.1) is 5.92 Å². The quantitative estimate of drug-likeness (QED) is 0.857. The van der Waals surface area contributed by atoms with Gasteiger partial charge in [-0.2, -0.15) is 0 Å². The number of carbonyl (C=O) groups is 1. The molecule has 17 heavy (non-hydrogen) atoms. The molecule has 1 aliphatic carbocycles. The van der Waals surface area contributed by atoms with E-state index in [0.29, 0.717) is 11.5 Å². The van der Waals surface area contributed by atoms with Crippen molar-refractivity contribution >= 4 is 5.91 Å². The molecule has 1 heterocycles. The van der Waals surface area contributed by atoms with Crippen LogP contribution in [0.4, 0.5) is 0 Å². The Bertz CT molecular complexity index is 498. The van der Waals surface area contributed by atoms with Gasteiger partial charge in [0.2, 0.25) is 0 Å². The molecular weight excluding hydrogens is 216 g/mol. The lowest BCUT2D eigenvalue weighted by molar-refractivity contribution is 0.0903.